The highest BCUT2D eigenvalue weighted by Gasteiger charge is 2.21. The van der Waals surface area contributed by atoms with Crippen molar-refractivity contribution in [3.8, 4) is 11.5 Å². The number of hydrogen-bond donors (Lipinski definition) is 1. The quantitative estimate of drug-likeness (QED) is 0.859. The number of amides is 1. The summed E-state index contributed by atoms with van der Waals surface area (Å²) in [5, 5.41) is 0. The van der Waals surface area contributed by atoms with Gasteiger partial charge in [0.25, 0.3) is 10.0 Å². The van der Waals surface area contributed by atoms with Gasteiger partial charge in [-0.3, -0.25) is 4.79 Å². The zero-order chi connectivity index (χ0) is 16.9. The van der Waals surface area contributed by atoms with Crippen LogP contribution in [0.15, 0.2) is 23.1 Å². The summed E-state index contributed by atoms with van der Waals surface area (Å²) in [6.07, 6.45) is 2.78. The van der Waals surface area contributed by atoms with E-state index in [1.165, 1.54) is 12.1 Å². The third kappa shape index (κ3) is 4.86. The molecule has 0 aromatic heterocycles. The average Bonchev–Trinajstić information content (AvgIpc) is 2.70. The second kappa shape index (κ2) is 7.68. The maximum absolute atomic E-state index is 12.3. The lowest BCUT2D eigenvalue weighted by molar-refractivity contribution is -0.120. The Morgan fingerprint density at radius 1 is 1.26 bits per heavy atom. The van der Waals surface area contributed by atoms with Crippen molar-refractivity contribution in [1.82, 2.24) is 4.72 Å². The standard InChI is InChI=1S/C16H23NO5S/c1-3-5-12(2)10-16(18)17-23(19,20)13-6-7-14-15(11-13)22-9-4-8-21-14/h6-7,11-12H,3-5,8-10H2,1-2H3,(H,17,18)/t12-/m0/s1. The van der Waals surface area contributed by atoms with Gasteiger partial charge in [0.15, 0.2) is 11.5 Å². The molecular formula is C16H23NO5S. The molecule has 0 saturated heterocycles. The number of carbonyl (C=O) groups is 1. The number of benzene rings is 1. The fourth-order valence-electron chi connectivity index (χ4n) is 2.47. The number of ether oxygens (including phenoxy) is 2. The minimum absolute atomic E-state index is 0.00163. The van der Waals surface area contributed by atoms with E-state index in [4.69, 9.17) is 9.47 Å². The molecular weight excluding hydrogens is 318 g/mol. The molecule has 23 heavy (non-hydrogen) atoms. The summed E-state index contributed by atoms with van der Waals surface area (Å²) in [5.74, 6) is 0.568. The lowest BCUT2D eigenvalue weighted by Gasteiger charge is -2.12. The average molecular weight is 341 g/mol. The van der Waals surface area contributed by atoms with Crippen LogP contribution in [0.25, 0.3) is 0 Å². The van der Waals surface area contributed by atoms with Crippen LogP contribution < -0.4 is 14.2 Å². The molecule has 1 aromatic carbocycles. The summed E-state index contributed by atoms with van der Waals surface area (Å²) >= 11 is 0. The summed E-state index contributed by atoms with van der Waals surface area (Å²) in [4.78, 5) is 11.9. The molecule has 0 saturated carbocycles. The zero-order valence-electron chi connectivity index (χ0n) is 13.5. The van der Waals surface area contributed by atoms with Crippen LogP contribution in [0, 0.1) is 5.92 Å². The van der Waals surface area contributed by atoms with E-state index in [1.807, 2.05) is 13.8 Å². The highest BCUT2D eigenvalue weighted by molar-refractivity contribution is 7.90. The molecule has 1 N–H and O–H groups in total. The molecule has 128 valence electrons. The van der Waals surface area contributed by atoms with Crippen molar-refractivity contribution in [3.05, 3.63) is 18.2 Å². The topological polar surface area (TPSA) is 81.7 Å². The van der Waals surface area contributed by atoms with Crippen molar-refractivity contribution in [2.24, 2.45) is 5.92 Å². The Bertz CT molecular complexity index is 656. The van der Waals surface area contributed by atoms with Gasteiger partial charge in [0.05, 0.1) is 18.1 Å². The minimum atomic E-state index is -3.90. The van der Waals surface area contributed by atoms with E-state index in [-0.39, 0.29) is 17.2 Å². The molecule has 0 bridgehead atoms. The van der Waals surface area contributed by atoms with Crippen LogP contribution in [0.5, 0.6) is 11.5 Å². The molecule has 2 rings (SSSR count). The van der Waals surface area contributed by atoms with Crippen molar-refractivity contribution >= 4 is 15.9 Å². The maximum atomic E-state index is 12.3. The number of hydrogen-bond acceptors (Lipinski definition) is 5. The molecule has 0 aliphatic carbocycles. The number of carbonyl (C=O) groups excluding carboxylic acids is 1. The molecule has 0 unspecified atom stereocenters. The predicted molar refractivity (Wildman–Crippen MR) is 86.1 cm³/mol. The molecule has 1 heterocycles. The lowest BCUT2D eigenvalue weighted by Crippen LogP contribution is -2.31. The van der Waals surface area contributed by atoms with Gasteiger partial charge in [-0.2, -0.15) is 0 Å². The van der Waals surface area contributed by atoms with E-state index in [0.29, 0.717) is 24.7 Å². The summed E-state index contributed by atoms with van der Waals surface area (Å²) in [6, 6.07) is 4.36. The van der Waals surface area contributed by atoms with Crippen LogP contribution in [-0.4, -0.2) is 27.5 Å². The van der Waals surface area contributed by atoms with E-state index in [9.17, 15) is 13.2 Å². The lowest BCUT2D eigenvalue weighted by atomic mass is 10.0. The van der Waals surface area contributed by atoms with Crippen LogP contribution in [0.1, 0.15) is 39.5 Å². The van der Waals surface area contributed by atoms with Gasteiger partial charge in [-0.1, -0.05) is 26.7 Å². The summed E-state index contributed by atoms with van der Waals surface area (Å²) < 4.78 is 37.7. The Labute approximate surface area is 137 Å². The molecule has 0 spiro atoms. The largest absolute Gasteiger partial charge is 0.490 e. The van der Waals surface area contributed by atoms with E-state index in [0.717, 1.165) is 19.3 Å². The van der Waals surface area contributed by atoms with Crippen molar-refractivity contribution in [2.75, 3.05) is 13.2 Å². The fourth-order valence-corrected chi connectivity index (χ4v) is 3.48. The first-order valence-electron chi connectivity index (χ1n) is 7.87. The van der Waals surface area contributed by atoms with Crippen LogP contribution in [0.4, 0.5) is 0 Å². The third-order valence-corrected chi connectivity index (χ3v) is 4.96. The van der Waals surface area contributed by atoms with Gasteiger partial charge in [-0.05, 0) is 18.1 Å². The van der Waals surface area contributed by atoms with Gasteiger partial charge in [0, 0.05) is 18.9 Å². The van der Waals surface area contributed by atoms with E-state index >= 15 is 0 Å². The molecule has 1 aromatic rings. The van der Waals surface area contributed by atoms with Crippen molar-refractivity contribution in [1.29, 1.82) is 0 Å². The van der Waals surface area contributed by atoms with Crippen LogP contribution in [0.3, 0.4) is 0 Å². The van der Waals surface area contributed by atoms with Crippen LogP contribution in [0.2, 0.25) is 0 Å². The predicted octanol–water partition coefficient (Wildman–Crippen LogP) is 2.48. The second-order valence-electron chi connectivity index (χ2n) is 5.79. The van der Waals surface area contributed by atoms with Gasteiger partial charge in [0.2, 0.25) is 5.91 Å². The van der Waals surface area contributed by atoms with E-state index in [1.54, 1.807) is 6.07 Å². The highest BCUT2D eigenvalue weighted by atomic mass is 32.2. The molecule has 1 aliphatic rings. The Balaban J connectivity index is 2.10. The number of rotatable bonds is 6. The van der Waals surface area contributed by atoms with Gasteiger partial charge in [-0.15, -0.1) is 0 Å². The SMILES string of the molecule is CCC[C@H](C)CC(=O)NS(=O)(=O)c1ccc2c(c1)OCCCO2. The number of sulfonamides is 1. The van der Waals surface area contributed by atoms with Crippen LogP contribution >= 0.6 is 0 Å². The Morgan fingerprint density at radius 2 is 1.96 bits per heavy atom. The fraction of sp³-hybridized carbons (Fsp3) is 0.562. The van der Waals surface area contributed by atoms with Gasteiger partial charge in [-0.25, -0.2) is 13.1 Å². The first kappa shape index (κ1) is 17.6. The molecule has 7 heteroatoms. The Hall–Kier alpha value is -1.76. The summed E-state index contributed by atoms with van der Waals surface area (Å²) in [5.41, 5.74) is 0. The normalized spacial score (nSPS) is 15.6. The van der Waals surface area contributed by atoms with Crippen molar-refractivity contribution in [3.63, 3.8) is 0 Å². The number of fused-ring (bicyclic) bond motifs is 1. The Kier molecular flexibility index (Phi) is 5.87. The van der Waals surface area contributed by atoms with Gasteiger partial charge in [0.1, 0.15) is 0 Å². The molecule has 6 nitrogen and oxygen atoms in total. The molecule has 1 aliphatic heterocycles. The van der Waals surface area contributed by atoms with Gasteiger partial charge < -0.3 is 9.47 Å². The Morgan fingerprint density at radius 3 is 2.65 bits per heavy atom. The summed E-state index contributed by atoms with van der Waals surface area (Å²) in [6.45, 7) is 4.97. The second-order valence-corrected chi connectivity index (χ2v) is 7.47. The molecule has 0 fully saturated rings. The monoisotopic (exact) mass is 341 g/mol. The van der Waals surface area contributed by atoms with E-state index in [2.05, 4.69) is 4.72 Å². The molecule has 0 radical (unpaired) electrons. The first-order chi connectivity index (χ1) is 10.9. The highest BCUT2D eigenvalue weighted by Crippen LogP contribution is 2.31. The molecule has 1 atom stereocenters. The van der Waals surface area contributed by atoms with Crippen LogP contribution in [-0.2, 0) is 14.8 Å². The minimum Gasteiger partial charge on any atom is -0.490 e. The zero-order valence-corrected chi connectivity index (χ0v) is 14.3. The summed E-state index contributed by atoms with van der Waals surface area (Å²) in [7, 11) is -3.90. The van der Waals surface area contributed by atoms with Crippen molar-refractivity contribution in [2.45, 2.75) is 44.4 Å². The number of nitrogens with one attached hydrogen (secondary N) is 1. The smallest absolute Gasteiger partial charge is 0.264 e. The third-order valence-electron chi connectivity index (χ3n) is 3.59. The molecule has 1 amide bonds. The maximum Gasteiger partial charge on any atom is 0.264 e. The van der Waals surface area contributed by atoms with E-state index < -0.39 is 15.9 Å². The van der Waals surface area contributed by atoms with Gasteiger partial charge >= 0.3 is 0 Å². The van der Waals surface area contributed by atoms with Crippen molar-refractivity contribution < 1.29 is 22.7 Å². The first-order valence-corrected chi connectivity index (χ1v) is 9.36.